The second kappa shape index (κ2) is 9.33. The summed E-state index contributed by atoms with van der Waals surface area (Å²) in [4.78, 5) is 15.3. The number of hydrogen-bond donors (Lipinski definition) is 1. The Labute approximate surface area is 189 Å². The van der Waals surface area contributed by atoms with Gasteiger partial charge >= 0.3 is 0 Å². The molecule has 0 radical (unpaired) electrons. The number of carbonyl (C=O) groups is 1. The van der Waals surface area contributed by atoms with Crippen LogP contribution in [0.3, 0.4) is 0 Å². The lowest BCUT2D eigenvalue weighted by molar-refractivity contribution is 0.0950. The van der Waals surface area contributed by atoms with E-state index in [9.17, 15) is 21.6 Å². The molecule has 172 valence electrons. The first-order valence-electron chi connectivity index (χ1n) is 11.0. The summed E-state index contributed by atoms with van der Waals surface area (Å²) in [6.45, 7) is 3.50. The summed E-state index contributed by atoms with van der Waals surface area (Å²) in [5.74, 6) is -0.996. The molecule has 2 aromatic rings. The van der Waals surface area contributed by atoms with E-state index < -0.39 is 36.6 Å². The molecular formula is C23H28N2O5S2. The Morgan fingerprint density at radius 3 is 2.44 bits per heavy atom. The second-order valence-electron chi connectivity index (χ2n) is 8.36. The van der Waals surface area contributed by atoms with Crippen LogP contribution in [-0.4, -0.2) is 59.6 Å². The average molecular weight is 477 g/mol. The number of fused-ring (bicyclic) bond motifs is 1. The number of amides is 1. The van der Waals surface area contributed by atoms with Crippen LogP contribution in [0.4, 0.5) is 0 Å². The van der Waals surface area contributed by atoms with Crippen molar-refractivity contribution in [2.75, 3.05) is 31.9 Å². The van der Waals surface area contributed by atoms with Crippen molar-refractivity contribution >= 4 is 25.6 Å². The van der Waals surface area contributed by atoms with Crippen molar-refractivity contribution < 1.29 is 21.6 Å². The van der Waals surface area contributed by atoms with Crippen molar-refractivity contribution in [3.05, 3.63) is 59.7 Å². The molecule has 0 aromatic heterocycles. The van der Waals surface area contributed by atoms with Gasteiger partial charge in [-0.15, -0.1) is 0 Å². The molecule has 2 aromatic carbocycles. The van der Waals surface area contributed by atoms with Crippen molar-refractivity contribution in [2.24, 2.45) is 0 Å². The van der Waals surface area contributed by atoms with E-state index in [1.807, 2.05) is 0 Å². The highest BCUT2D eigenvalue weighted by Gasteiger charge is 2.45. The number of hydrogen-bond acceptors (Lipinski definition) is 6. The Morgan fingerprint density at radius 2 is 1.72 bits per heavy atom. The molecule has 1 N–H and O–H groups in total. The van der Waals surface area contributed by atoms with E-state index in [2.05, 4.69) is 10.2 Å². The van der Waals surface area contributed by atoms with Crippen LogP contribution in [0.25, 0.3) is 0 Å². The number of likely N-dealkylation sites (tertiary alicyclic amines) is 1. The highest BCUT2D eigenvalue weighted by Crippen LogP contribution is 2.42. The SMILES string of the molecule is O=C(NCCCN1CCCCC1)c1cccc2c1C(S(=O)(=O)c1ccccc1)CS2(=O)=O. The summed E-state index contributed by atoms with van der Waals surface area (Å²) in [5.41, 5.74) is 0.205. The quantitative estimate of drug-likeness (QED) is 0.617. The number of nitrogens with one attached hydrogen (secondary N) is 1. The van der Waals surface area contributed by atoms with Gasteiger partial charge in [0.2, 0.25) is 0 Å². The third-order valence-corrected chi connectivity index (χ3v) is 10.3. The third-order valence-electron chi connectivity index (χ3n) is 6.17. The van der Waals surface area contributed by atoms with Crippen molar-refractivity contribution in [1.82, 2.24) is 10.2 Å². The monoisotopic (exact) mass is 476 g/mol. The first-order valence-corrected chi connectivity index (χ1v) is 14.2. The summed E-state index contributed by atoms with van der Waals surface area (Å²) in [7, 11) is -7.79. The van der Waals surface area contributed by atoms with Gasteiger partial charge in [-0.3, -0.25) is 4.79 Å². The first kappa shape index (κ1) is 22.9. The van der Waals surface area contributed by atoms with Crippen LogP contribution >= 0.6 is 0 Å². The predicted molar refractivity (Wildman–Crippen MR) is 122 cm³/mol. The van der Waals surface area contributed by atoms with Gasteiger partial charge in [-0.25, -0.2) is 16.8 Å². The van der Waals surface area contributed by atoms with Gasteiger partial charge in [0.25, 0.3) is 5.91 Å². The minimum atomic E-state index is -3.98. The number of sulfone groups is 2. The third kappa shape index (κ3) is 4.60. The molecule has 1 saturated heterocycles. The Morgan fingerprint density at radius 1 is 1.00 bits per heavy atom. The van der Waals surface area contributed by atoms with Crippen LogP contribution in [0.15, 0.2) is 58.3 Å². The number of rotatable bonds is 7. The van der Waals surface area contributed by atoms with Crippen LogP contribution in [0, 0.1) is 0 Å². The van der Waals surface area contributed by atoms with Crippen LogP contribution in [0.2, 0.25) is 0 Å². The normalized spacial score (nSPS) is 20.6. The summed E-state index contributed by atoms with van der Waals surface area (Å²) >= 11 is 0. The zero-order valence-electron chi connectivity index (χ0n) is 17.9. The summed E-state index contributed by atoms with van der Waals surface area (Å²) in [5, 5.41) is 1.55. The highest BCUT2D eigenvalue weighted by molar-refractivity contribution is 7.96. The standard InChI is InChI=1S/C23H28N2O5S2/c26-23(24-13-8-16-25-14-5-2-6-15-25)19-11-7-12-20-22(19)21(17-31(20,27)28)32(29,30)18-9-3-1-4-10-18/h1,3-4,7,9-12,21H,2,5-6,8,13-17H2,(H,24,26). The van der Waals surface area contributed by atoms with Gasteiger partial charge in [-0.05, 0) is 63.2 Å². The Balaban J connectivity index is 1.56. The van der Waals surface area contributed by atoms with Gasteiger partial charge in [0.1, 0.15) is 5.25 Å². The molecule has 1 amide bonds. The molecule has 4 rings (SSSR count). The van der Waals surface area contributed by atoms with Crippen LogP contribution < -0.4 is 5.32 Å². The highest BCUT2D eigenvalue weighted by atomic mass is 32.2. The molecule has 0 bridgehead atoms. The summed E-state index contributed by atoms with van der Waals surface area (Å²) < 4.78 is 52.1. The average Bonchev–Trinajstić information content (AvgIpc) is 3.09. The lowest BCUT2D eigenvalue weighted by atomic mass is 10.0. The predicted octanol–water partition coefficient (Wildman–Crippen LogP) is 2.59. The number of nitrogens with zero attached hydrogens (tertiary/aromatic N) is 1. The Kier molecular flexibility index (Phi) is 6.69. The molecule has 0 spiro atoms. The van der Waals surface area contributed by atoms with Crippen LogP contribution in [0.1, 0.15) is 46.9 Å². The largest absolute Gasteiger partial charge is 0.352 e. The van der Waals surface area contributed by atoms with Gasteiger partial charge in [0, 0.05) is 17.7 Å². The van der Waals surface area contributed by atoms with Crippen molar-refractivity contribution in [1.29, 1.82) is 0 Å². The second-order valence-corrected chi connectivity index (χ2v) is 12.5. The number of benzene rings is 2. The van der Waals surface area contributed by atoms with Crippen LogP contribution in [0.5, 0.6) is 0 Å². The molecule has 2 aliphatic rings. The fourth-order valence-corrected chi connectivity index (χ4v) is 8.90. The topological polar surface area (TPSA) is 101 Å². The van der Waals surface area contributed by atoms with E-state index in [0.29, 0.717) is 6.54 Å². The van der Waals surface area contributed by atoms with E-state index >= 15 is 0 Å². The van der Waals surface area contributed by atoms with Gasteiger partial charge in [-0.2, -0.15) is 0 Å². The van der Waals surface area contributed by atoms with E-state index in [0.717, 1.165) is 26.1 Å². The van der Waals surface area contributed by atoms with E-state index in [1.54, 1.807) is 18.2 Å². The lowest BCUT2D eigenvalue weighted by Crippen LogP contribution is -2.33. The van der Waals surface area contributed by atoms with Crippen LogP contribution in [-0.2, 0) is 19.7 Å². The molecule has 0 aliphatic carbocycles. The van der Waals surface area contributed by atoms with E-state index in [4.69, 9.17) is 0 Å². The summed E-state index contributed by atoms with van der Waals surface area (Å²) in [6, 6.07) is 12.2. The molecule has 1 fully saturated rings. The first-order chi connectivity index (χ1) is 15.3. The smallest absolute Gasteiger partial charge is 0.251 e. The van der Waals surface area contributed by atoms with E-state index in [1.165, 1.54) is 49.6 Å². The minimum Gasteiger partial charge on any atom is -0.352 e. The molecule has 9 heteroatoms. The maximum Gasteiger partial charge on any atom is 0.251 e. The van der Waals surface area contributed by atoms with Crippen molar-refractivity contribution in [3.63, 3.8) is 0 Å². The molecule has 1 atom stereocenters. The van der Waals surface area contributed by atoms with Gasteiger partial charge in [-0.1, -0.05) is 30.7 Å². The minimum absolute atomic E-state index is 0.0461. The maximum absolute atomic E-state index is 13.3. The number of carbonyl (C=O) groups excluding carboxylic acids is 1. The Bertz CT molecular complexity index is 1190. The molecule has 32 heavy (non-hydrogen) atoms. The molecule has 2 heterocycles. The number of piperidine rings is 1. The molecular weight excluding hydrogens is 448 g/mol. The fourth-order valence-electron chi connectivity index (χ4n) is 4.52. The lowest BCUT2D eigenvalue weighted by Gasteiger charge is -2.26. The fraction of sp³-hybridized carbons (Fsp3) is 0.435. The van der Waals surface area contributed by atoms with Crippen molar-refractivity contribution in [3.8, 4) is 0 Å². The van der Waals surface area contributed by atoms with Crippen molar-refractivity contribution in [2.45, 2.75) is 40.7 Å². The zero-order valence-corrected chi connectivity index (χ0v) is 19.5. The maximum atomic E-state index is 13.3. The molecule has 7 nitrogen and oxygen atoms in total. The molecule has 0 saturated carbocycles. The molecule has 1 unspecified atom stereocenters. The molecule has 2 aliphatic heterocycles. The van der Waals surface area contributed by atoms with Gasteiger partial charge in [0.05, 0.1) is 15.5 Å². The van der Waals surface area contributed by atoms with Gasteiger partial charge in [0.15, 0.2) is 19.7 Å². The zero-order chi connectivity index (χ0) is 22.8. The van der Waals surface area contributed by atoms with Gasteiger partial charge < -0.3 is 10.2 Å². The summed E-state index contributed by atoms with van der Waals surface area (Å²) in [6.07, 6.45) is 4.45. The Hall–Kier alpha value is -2.23. The van der Waals surface area contributed by atoms with E-state index in [-0.39, 0.29) is 20.9 Å².